The van der Waals surface area contributed by atoms with E-state index in [1.54, 1.807) is 12.1 Å². The van der Waals surface area contributed by atoms with Crippen molar-refractivity contribution in [3.63, 3.8) is 0 Å². The first-order chi connectivity index (χ1) is 18.2. The van der Waals surface area contributed by atoms with Gasteiger partial charge in [0, 0.05) is 34.1 Å². The highest BCUT2D eigenvalue weighted by molar-refractivity contribution is 7.99. The maximum atomic E-state index is 14.3. The largest absolute Gasteiger partial charge is 0.462 e. The number of esters is 1. The highest BCUT2D eigenvalue weighted by Crippen LogP contribution is 2.54. The minimum Gasteiger partial charge on any atom is -0.462 e. The van der Waals surface area contributed by atoms with Crippen LogP contribution in [0.2, 0.25) is 0 Å². The van der Waals surface area contributed by atoms with Gasteiger partial charge in [-0.15, -0.1) is 11.8 Å². The van der Waals surface area contributed by atoms with Gasteiger partial charge in [0.2, 0.25) is 0 Å². The molecule has 3 aromatic rings. The normalized spacial score (nSPS) is 13.1. The quantitative estimate of drug-likeness (QED) is 0.0877. The number of alkyl halides is 8. The van der Waals surface area contributed by atoms with E-state index in [1.807, 2.05) is 31.2 Å². The predicted octanol–water partition coefficient (Wildman–Crippen LogP) is 8.80. The van der Waals surface area contributed by atoms with E-state index in [1.165, 1.54) is 12.1 Å². The topological polar surface area (TPSA) is 39.4 Å². The van der Waals surface area contributed by atoms with Crippen LogP contribution in [-0.4, -0.2) is 42.0 Å². The summed E-state index contributed by atoms with van der Waals surface area (Å²) in [5.74, 6) is -25.4. The van der Waals surface area contributed by atoms with E-state index in [9.17, 15) is 39.9 Å². The van der Waals surface area contributed by atoms with Gasteiger partial charge in [-0.1, -0.05) is 37.8 Å². The molecule has 0 aliphatic carbocycles. The van der Waals surface area contributed by atoms with Crippen molar-refractivity contribution >= 4 is 28.7 Å². The maximum absolute atomic E-state index is 14.3. The zero-order valence-electron chi connectivity index (χ0n) is 20.6. The first-order valence-corrected chi connectivity index (χ1v) is 12.7. The molecule has 12 heteroatoms. The van der Waals surface area contributed by atoms with Crippen molar-refractivity contribution in [2.24, 2.45) is 0 Å². The van der Waals surface area contributed by atoms with E-state index >= 15 is 0 Å². The molecule has 1 aromatic heterocycles. The molecule has 0 saturated heterocycles. The van der Waals surface area contributed by atoms with E-state index < -0.39 is 54.9 Å². The fraction of sp³-hybridized carbons (Fsp3) is 0.370. The minimum absolute atomic E-state index is 0.326. The van der Waals surface area contributed by atoms with Crippen molar-refractivity contribution in [3.05, 3.63) is 66.7 Å². The maximum Gasteiger partial charge on any atom is 0.378 e. The van der Waals surface area contributed by atoms with E-state index in [4.69, 9.17) is 4.42 Å². The van der Waals surface area contributed by atoms with Crippen LogP contribution in [0.4, 0.5) is 35.1 Å². The number of benzene rings is 2. The molecule has 0 aliphatic heterocycles. The molecule has 0 spiro atoms. The van der Waals surface area contributed by atoms with Gasteiger partial charge in [0.1, 0.15) is 11.3 Å². The molecule has 39 heavy (non-hydrogen) atoms. The molecule has 0 radical (unpaired) electrons. The second-order valence-electron chi connectivity index (χ2n) is 8.60. The highest BCUT2D eigenvalue weighted by atomic mass is 32.2. The SMILES string of the molecule is C=CC(=O)OCCC(F)(F)C(F)(F)C(F)(F)C(F)(F)CCSc1ccc2cc(-c3ccccc3CC)oc2c1. The summed E-state index contributed by atoms with van der Waals surface area (Å²) < 4.78 is 123. The molecule has 1 heterocycles. The van der Waals surface area contributed by atoms with Crippen molar-refractivity contribution in [1.82, 2.24) is 0 Å². The van der Waals surface area contributed by atoms with Crippen molar-refractivity contribution < 1.29 is 49.1 Å². The molecule has 0 aliphatic rings. The Labute approximate surface area is 223 Å². The van der Waals surface area contributed by atoms with Gasteiger partial charge in [0.05, 0.1) is 13.0 Å². The Morgan fingerprint density at radius 2 is 1.59 bits per heavy atom. The zero-order chi connectivity index (χ0) is 29.1. The Balaban J connectivity index is 1.69. The van der Waals surface area contributed by atoms with Crippen LogP contribution in [0, 0.1) is 0 Å². The summed E-state index contributed by atoms with van der Waals surface area (Å²) in [5, 5.41) is 0.692. The third kappa shape index (κ3) is 6.26. The van der Waals surface area contributed by atoms with Crippen LogP contribution in [0.25, 0.3) is 22.3 Å². The standard InChI is InChI=1S/C27H24F8O3S/c1-3-17-7-5-6-8-20(17)22-15-18-9-10-19(16-21(18)38-22)39-14-12-25(30,31)27(34,35)26(32,33)24(28,29)11-13-37-23(36)4-2/h4-10,15-16H,2-3,11-14H2,1H3. The smallest absolute Gasteiger partial charge is 0.378 e. The average molecular weight is 581 g/mol. The van der Waals surface area contributed by atoms with Crippen LogP contribution in [0.5, 0.6) is 0 Å². The zero-order valence-corrected chi connectivity index (χ0v) is 21.4. The number of fused-ring (bicyclic) bond motifs is 1. The van der Waals surface area contributed by atoms with Crippen LogP contribution in [0.3, 0.4) is 0 Å². The Morgan fingerprint density at radius 1 is 0.949 bits per heavy atom. The van der Waals surface area contributed by atoms with E-state index in [0.29, 0.717) is 39.5 Å². The Bertz CT molecular complexity index is 1320. The predicted molar refractivity (Wildman–Crippen MR) is 132 cm³/mol. The molecule has 0 unspecified atom stereocenters. The first kappa shape index (κ1) is 30.5. The summed E-state index contributed by atoms with van der Waals surface area (Å²) in [7, 11) is 0. The molecule has 0 saturated carbocycles. The van der Waals surface area contributed by atoms with Crippen molar-refractivity contribution in [2.45, 2.75) is 54.8 Å². The van der Waals surface area contributed by atoms with Gasteiger partial charge < -0.3 is 9.15 Å². The molecule has 0 atom stereocenters. The lowest BCUT2D eigenvalue weighted by atomic mass is 9.95. The first-order valence-electron chi connectivity index (χ1n) is 11.7. The van der Waals surface area contributed by atoms with Crippen molar-refractivity contribution in [2.75, 3.05) is 12.4 Å². The van der Waals surface area contributed by atoms with Gasteiger partial charge >= 0.3 is 29.7 Å². The lowest BCUT2D eigenvalue weighted by Gasteiger charge is -2.36. The van der Waals surface area contributed by atoms with Crippen LogP contribution < -0.4 is 0 Å². The number of thioether (sulfide) groups is 1. The molecule has 2 aromatic carbocycles. The number of halogens is 8. The molecule has 0 fully saturated rings. The number of hydrogen-bond donors (Lipinski definition) is 0. The second-order valence-corrected chi connectivity index (χ2v) is 9.77. The fourth-order valence-corrected chi connectivity index (χ4v) is 4.66. The van der Waals surface area contributed by atoms with Gasteiger partial charge in [0.15, 0.2) is 0 Å². The number of hydrogen-bond acceptors (Lipinski definition) is 4. The molecule has 0 N–H and O–H groups in total. The van der Waals surface area contributed by atoms with Crippen LogP contribution in [0.15, 0.2) is 70.5 Å². The second kappa shape index (κ2) is 11.6. The Morgan fingerprint density at radius 3 is 2.23 bits per heavy atom. The number of carbonyl (C=O) groups is 1. The van der Waals surface area contributed by atoms with Crippen molar-refractivity contribution in [1.29, 1.82) is 0 Å². The monoisotopic (exact) mass is 580 g/mol. The molecular weight excluding hydrogens is 556 g/mol. The summed E-state index contributed by atoms with van der Waals surface area (Å²) in [4.78, 5) is 11.2. The van der Waals surface area contributed by atoms with Gasteiger partial charge in [-0.2, -0.15) is 35.1 Å². The Kier molecular flexibility index (Phi) is 9.09. The number of furan rings is 1. The van der Waals surface area contributed by atoms with Gasteiger partial charge in [-0.25, -0.2) is 4.79 Å². The summed E-state index contributed by atoms with van der Waals surface area (Å²) in [5.41, 5.74) is 2.29. The van der Waals surface area contributed by atoms with Crippen LogP contribution >= 0.6 is 11.8 Å². The average Bonchev–Trinajstić information content (AvgIpc) is 3.31. The summed E-state index contributed by atoms with van der Waals surface area (Å²) in [6.07, 6.45) is -2.62. The molecule has 0 amide bonds. The van der Waals surface area contributed by atoms with Crippen LogP contribution in [0.1, 0.15) is 25.3 Å². The summed E-state index contributed by atoms with van der Waals surface area (Å²) in [6.45, 7) is 3.53. The fourth-order valence-electron chi connectivity index (χ4n) is 3.71. The molecule has 0 bridgehead atoms. The van der Waals surface area contributed by atoms with Crippen molar-refractivity contribution in [3.8, 4) is 11.3 Å². The third-order valence-electron chi connectivity index (χ3n) is 5.98. The molecular formula is C27H24F8O3S. The summed E-state index contributed by atoms with van der Waals surface area (Å²) >= 11 is 0.656. The lowest BCUT2D eigenvalue weighted by molar-refractivity contribution is -0.367. The van der Waals surface area contributed by atoms with E-state index in [2.05, 4.69) is 11.3 Å². The van der Waals surface area contributed by atoms with E-state index in [-0.39, 0.29) is 0 Å². The molecule has 3 rings (SSSR count). The number of aryl methyl sites for hydroxylation is 1. The Hall–Kier alpha value is -3.02. The molecule has 212 valence electrons. The number of rotatable bonds is 13. The lowest BCUT2D eigenvalue weighted by Crippen LogP contribution is -2.62. The van der Waals surface area contributed by atoms with Crippen LogP contribution in [-0.2, 0) is 16.0 Å². The molecule has 3 nitrogen and oxygen atoms in total. The minimum atomic E-state index is -6.42. The van der Waals surface area contributed by atoms with Gasteiger partial charge in [-0.05, 0) is 36.2 Å². The van der Waals surface area contributed by atoms with Gasteiger partial charge in [0.25, 0.3) is 0 Å². The van der Waals surface area contributed by atoms with E-state index in [0.717, 1.165) is 17.5 Å². The highest BCUT2D eigenvalue weighted by Gasteiger charge is 2.79. The third-order valence-corrected chi connectivity index (χ3v) is 6.98. The van der Waals surface area contributed by atoms with Gasteiger partial charge in [-0.3, -0.25) is 0 Å². The number of ether oxygens (including phenoxy) is 1. The number of carbonyl (C=O) groups excluding carboxylic acids is 1. The summed E-state index contributed by atoms with van der Waals surface area (Å²) in [6, 6.07) is 14.0.